The summed E-state index contributed by atoms with van der Waals surface area (Å²) < 4.78 is 10.8. The van der Waals surface area contributed by atoms with Crippen molar-refractivity contribution in [1.29, 1.82) is 0 Å². The van der Waals surface area contributed by atoms with Crippen molar-refractivity contribution in [3.8, 4) is 0 Å². The molecule has 0 saturated carbocycles. The third-order valence-electron chi connectivity index (χ3n) is 4.16. The predicted octanol–water partition coefficient (Wildman–Crippen LogP) is 1.10. The highest BCUT2D eigenvalue weighted by Crippen LogP contribution is 2.32. The van der Waals surface area contributed by atoms with Gasteiger partial charge in [0.25, 0.3) is 0 Å². The first kappa shape index (κ1) is 14.9. The molecular weight excluding hydrogens is 216 g/mol. The first-order chi connectivity index (χ1) is 8.10. The quantitative estimate of drug-likeness (QED) is 0.728. The van der Waals surface area contributed by atoms with Gasteiger partial charge >= 0.3 is 0 Å². The SMILES string of the molecule is CCN(C(C)COC)C(C)(CN)C1CCOC1. The fourth-order valence-corrected chi connectivity index (χ4v) is 3.05. The van der Waals surface area contributed by atoms with Gasteiger partial charge in [-0.1, -0.05) is 6.92 Å². The van der Waals surface area contributed by atoms with Gasteiger partial charge in [0.05, 0.1) is 13.2 Å². The monoisotopic (exact) mass is 244 g/mol. The molecule has 0 aliphatic carbocycles. The molecule has 1 aliphatic rings. The minimum absolute atomic E-state index is 0.0171. The van der Waals surface area contributed by atoms with Gasteiger partial charge in [-0.2, -0.15) is 0 Å². The van der Waals surface area contributed by atoms with E-state index in [1.807, 2.05) is 0 Å². The summed E-state index contributed by atoms with van der Waals surface area (Å²) in [6, 6.07) is 0.388. The summed E-state index contributed by atoms with van der Waals surface area (Å²) >= 11 is 0. The van der Waals surface area contributed by atoms with Crippen LogP contribution in [0.25, 0.3) is 0 Å². The zero-order chi connectivity index (χ0) is 12.9. The average Bonchev–Trinajstić information content (AvgIpc) is 2.84. The second-order valence-electron chi connectivity index (χ2n) is 5.21. The van der Waals surface area contributed by atoms with E-state index in [4.69, 9.17) is 15.2 Å². The van der Waals surface area contributed by atoms with E-state index in [-0.39, 0.29) is 5.54 Å². The molecule has 0 amide bonds. The number of nitrogens with two attached hydrogens (primary N) is 1. The Kier molecular flexibility index (Phi) is 5.86. The van der Waals surface area contributed by atoms with Gasteiger partial charge in [0.2, 0.25) is 0 Å². The van der Waals surface area contributed by atoms with E-state index < -0.39 is 0 Å². The Morgan fingerprint density at radius 3 is 2.71 bits per heavy atom. The Labute approximate surface area is 105 Å². The minimum Gasteiger partial charge on any atom is -0.383 e. The van der Waals surface area contributed by atoms with Crippen LogP contribution in [0.3, 0.4) is 0 Å². The number of likely N-dealkylation sites (N-methyl/N-ethyl adjacent to an activating group) is 1. The second kappa shape index (κ2) is 6.69. The molecule has 0 spiro atoms. The molecule has 1 heterocycles. The van der Waals surface area contributed by atoms with Gasteiger partial charge in [-0.05, 0) is 26.8 Å². The van der Waals surface area contributed by atoms with Gasteiger partial charge in [-0.25, -0.2) is 0 Å². The first-order valence-corrected chi connectivity index (χ1v) is 6.63. The lowest BCUT2D eigenvalue weighted by Crippen LogP contribution is -2.60. The Balaban J connectivity index is 2.79. The van der Waals surface area contributed by atoms with Gasteiger partial charge < -0.3 is 15.2 Å². The highest BCUT2D eigenvalue weighted by atomic mass is 16.5. The molecule has 1 saturated heterocycles. The van der Waals surface area contributed by atoms with Crippen molar-refractivity contribution >= 4 is 0 Å². The van der Waals surface area contributed by atoms with E-state index >= 15 is 0 Å². The van der Waals surface area contributed by atoms with Gasteiger partial charge in [0, 0.05) is 37.8 Å². The molecule has 1 fully saturated rings. The van der Waals surface area contributed by atoms with Crippen LogP contribution in [-0.4, -0.2) is 56.5 Å². The fraction of sp³-hybridized carbons (Fsp3) is 1.00. The van der Waals surface area contributed by atoms with Gasteiger partial charge in [0.1, 0.15) is 0 Å². The molecule has 17 heavy (non-hydrogen) atoms. The summed E-state index contributed by atoms with van der Waals surface area (Å²) in [6.07, 6.45) is 1.11. The molecular formula is C13H28N2O2. The van der Waals surface area contributed by atoms with Crippen LogP contribution in [0.15, 0.2) is 0 Å². The molecule has 0 aromatic heterocycles. The third-order valence-corrected chi connectivity index (χ3v) is 4.16. The molecule has 4 heteroatoms. The highest BCUT2D eigenvalue weighted by molar-refractivity contribution is 4.96. The second-order valence-corrected chi connectivity index (χ2v) is 5.21. The number of hydrogen-bond donors (Lipinski definition) is 1. The molecule has 0 radical (unpaired) electrons. The van der Waals surface area contributed by atoms with E-state index in [2.05, 4.69) is 25.7 Å². The van der Waals surface area contributed by atoms with E-state index in [0.717, 1.165) is 32.8 Å². The largest absolute Gasteiger partial charge is 0.383 e. The first-order valence-electron chi connectivity index (χ1n) is 6.63. The van der Waals surface area contributed by atoms with Crippen LogP contribution in [0.2, 0.25) is 0 Å². The summed E-state index contributed by atoms with van der Waals surface area (Å²) in [5, 5.41) is 0. The topological polar surface area (TPSA) is 47.7 Å². The molecule has 2 N–H and O–H groups in total. The van der Waals surface area contributed by atoms with E-state index in [1.165, 1.54) is 0 Å². The third kappa shape index (κ3) is 3.19. The van der Waals surface area contributed by atoms with Crippen LogP contribution in [0, 0.1) is 5.92 Å². The maximum absolute atomic E-state index is 6.06. The lowest BCUT2D eigenvalue weighted by atomic mass is 9.82. The molecule has 0 aromatic carbocycles. The van der Waals surface area contributed by atoms with E-state index in [1.54, 1.807) is 7.11 Å². The molecule has 1 rings (SSSR count). The Bertz CT molecular complexity index is 219. The predicted molar refractivity (Wildman–Crippen MR) is 70.1 cm³/mol. The Hall–Kier alpha value is -0.160. The lowest BCUT2D eigenvalue weighted by Gasteiger charge is -2.47. The molecule has 1 aliphatic heterocycles. The summed E-state index contributed by atoms with van der Waals surface area (Å²) in [5.41, 5.74) is 6.08. The maximum atomic E-state index is 6.06. The Morgan fingerprint density at radius 2 is 2.29 bits per heavy atom. The molecule has 3 atom stereocenters. The zero-order valence-corrected chi connectivity index (χ0v) is 11.7. The minimum atomic E-state index is 0.0171. The lowest BCUT2D eigenvalue weighted by molar-refractivity contribution is -0.00653. The Morgan fingerprint density at radius 1 is 1.59 bits per heavy atom. The highest BCUT2D eigenvalue weighted by Gasteiger charge is 2.41. The average molecular weight is 244 g/mol. The van der Waals surface area contributed by atoms with Crippen molar-refractivity contribution in [2.75, 3.05) is 40.0 Å². The van der Waals surface area contributed by atoms with Crippen molar-refractivity contribution in [1.82, 2.24) is 4.90 Å². The van der Waals surface area contributed by atoms with Crippen molar-refractivity contribution in [3.05, 3.63) is 0 Å². The normalized spacial score (nSPS) is 26.1. The smallest absolute Gasteiger partial charge is 0.0615 e. The number of methoxy groups -OCH3 is 1. The number of rotatable bonds is 7. The van der Waals surface area contributed by atoms with Crippen LogP contribution in [0.1, 0.15) is 27.2 Å². The molecule has 4 nitrogen and oxygen atoms in total. The summed E-state index contributed by atoms with van der Waals surface area (Å²) in [5.74, 6) is 0.534. The molecule has 3 unspecified atom stereocenters. The van der Waals surface area contributed by atoms with Crippen LogP contribution in [-0.2, 0) is 9.47 Å². The van der Waals surface area contributed by atoms with Crippen LogP contribution < -0.4 is 5.73 Å². The fourth-order valence-electron chi connectivity index (χ4n) is 3.05. The molecule has 0 bridgehead atoms. The van der Waals surface area contributed by atoms with Crippen molar-refractivity contribution in [2.45, 2.75) is 38.8 Å². The molecule has 102 valence electrons. The van der Waals surface area contributed by atoms with Crippen LogP contribution in [0.5, 0.6) is 0 Å². The van der Waals surface area contributed by atoms with Gasteiger partial charge in [-0.15, -0.1) is 0 Å². The summed E-state index contributed by atoms with van der Waals surface area (Å²) in [4.78, 5) is 2.47. The maximum Gasteiger partial charge on any atom is 0.0615 e. The number of hydrogen-bond acceptors (Lipinski definition) is 4. The molecule has 0 aromatic rings. The van der Waals surface area contributed by atoms with E-state index in [9.17, 15) is 0 Å². The standard InChI is InChI=1S/C13H28N2O2/c1-5-15(11(2)8-16-4)13(3,10-14)12-6-7-17-9-12/h11-12H,5-10,14H2,1-4H3. The van der Waals surface area contributed by atoms with Crippen LogP contribution >= 0.6 is 0 Å². The summed E-state index contributed by atoms with van der Waals surface area (Å²) in [7, 11) is 1.75. The van der Waals surface area contributed by atoms with E-state index in [0.29, 0.717) is 18.5 Å². The van der Waals surface area contributed by atoms with Crippen molar-refractivity contribution in [2.24, 2.45) is 11.7 Å². The van der Waals surface area contributed by atoms with Gasteiger partial charge in [-0.3, -0.25) is 4.90 Å². The number of ether oxygens (including phenoxy) is 2. The van der Waals surface area contributed by atoms with Crippen molar-refractivity contribution < 1.29 is 9.47 Å². The van der Waals surface area contributed by atoms with Gasteiger partial charge in [0.15, 0.2) is 0 Å². The van der Waals surface area contributed by atoms with Crippen LogP contribution in [0.4, 0.5) is 0 Å². The number of nitrogens with zero attached hydrogens (tertiary/aromatic N) is 1. The zero-order valence-electron chi connectivity index (χ0n) is 11.7. The van der Waals surface area contributed by atoms with Crippen molar-refractivity contribution in [3.63, 3.8) is 0 Å². The summed E-state index contributed by atoms with van der Waals surface area (Å²) in [6.45, 7) is 10.8.